The van der Waals surface area contributed by atoms with Gasteiger partial charge in [0, 0.05) is 0 Å². The average Bonchev–Trinajstić information content (AvgIpc) is 2.66. The van der Waals surface area contributed by atoms with Crippen LogP contribution in [0.15, 0.2) is 28.7 Å². The van der Waals surface area contributed by atoms with Gasteiger partial charge in [-0.3, -0.25) is 0 Å². The van der Waals surface area contributed by atoms with Crippen LogP contribution >= 0.6 is 0 Å². The average molecular weight is 221 g/mol. The predicted octanol–water partition coefficient (Wildman–Crippen LogP) is 2.12. The molecule has 0 radical (unpaired) electrons. The zero-order chi connectivity index (χ0) is 11.8. The zero-order valence-corrected chi connectivity index (χ0v) is 9.07. The number of aromatic nitrogens is 2. The molecule has 0 saturated carbocycles. The van der Waals surface area contributed by atoms with E-state index in [4.69, 9.17) is 10.2 Å². The largest absolute Gasteiger partial charge is 0.407 e. The maximum Gasteiger partial charge on any atom is 0.312 e. The van der Waals surface area contributed by atoms with Gasteiger partial charge in [-0.25, -0.2) is 4.39 Å². The SMILES string of the molecule is CC(C)(c1ccc(F)cc1)c1nnc(N)o1. The van der Waals surface area contributed by atoms with Gasteiger partial charge in [-0.15, -0.1) is 5.10 Å². The summed E-state index contributed by atoms with van der Waals surface area (Å²) in [6.45, 7) is 3.82. The summed E-state index contributed by atoms with van der Waals surface area (Å²) in [6.07, 6.45) is 0. The van der Waals surface area contributed by atoms with Crippen molar-refractivity contribution in [3.05, 3.63) is 41.5 Å². The molecule has 1 aromatic carbocycles. The van der Waals surface area contributed by atoms with E-state index in [9.17, 15) is 4.39 Å². The van der Waals surface area contributed by atoms with Gasteiger partial charge in [0.1, 0.15) is 5.82 Å². The lowest BCUT2D eigenvalue weighted by atomic mass is 9.84. The second-order valence-corrected chi connectivity index (χ2v) is 4.08. The van der Waals surface area contributed by atoms with Crippen molar-refractivity contribution in [2.45, 2.75) is 19.3 Å². The molecule has 2 N–H and O–H groups in total. The summed E-state index contributed by atoms with van der Waals surface area (Å²) in [4.78, 5) is 0. The second kappa shape index (κ2) is 3.59. The van der Waals surface area contributed by atoms with Crippen LogP contribution in [0.25, 0.3) is 0 Å². The van der Waals surface area contributed by atoms with Gasteiger partial charge in [0.15, 0.2) is 0 Å². The minimum absolute atomic E-state index is 0.0326. The highest BCUT2D eigenvalue weighted by Crippen LogP contribution is 2.30. The van der Waals surface area contributed by atoms with Crippen LogP contribution in [0, 0.1) is 5.82 Å². The van der Waals surface area contributed by atoms with Crippen molar-refractivity contribution in [2.75, 3.05) is 5.73 Å². The Kier molecular flexibility index (Phi) is 2.38. The highest BCUT2D eigenvalue weighted by atomic mass is 19.1. The van der Waals surface area contributed by atoms with Crippen molar-refractivity contribution in [2.24, 2.45) is 0 Å². The molecular weight excluding hydrogens is 209 g/mol. The van der Waals surface area contributed by atoms with Crippen molar-refractivity contribution in [3.63, 3.8) is 0 Å². The molecule has 16 heavy (non-hydrogen) atoms. The molecule has 1 heterocycles. The number of hydrogen-bond donors (Lipinski definition) is 1. The van der Waals surface area contributed by atoms with Gasteiger partial charge in [0.05, 0.1) is 5.41 Å². The summed E-state index contributed by atoms with van der Waals surface area (Å²) in [6, 6.07) is 6.21. The van der Waals surface area contributed by atoms with E-state index in [2.05, 4.69) is 10.2 Å². The Balaban J connectivity index is 2.42. The van der Waals surface area contributed by atoms with Crippen molar-refractivity contribution in [3.8, 4) is 0 Å². The Hall–Kier alpha value is -1.91. The number of nitrogens with two attached hydrogens (primary N) is 1. The molecule has 2 rings (SSSR count). The molecule has 0 amide bonds. The maximum atomic E-state index is 12.8. The van der Waals surface area contributed by atoms with E-state index in [1.165, 1.54) is 12.1 Å². The summed E-state index contributed by atoms with van der Waals surface area (Å²) in [5, 5.41) is 7.46. The van der Waals surface area contributed by atoms with Crippen LogP contribution in [0.2, 0.25) is 0 Å². The molecule has 84 valence electrons. The lowest BCUT2D eigenvalue weighted by Crippen LogP contribution is -2.19. The van der Waals surface area contributed by atoms with Gasteiger partial charge in [-0.2, -0.15) is 0 Å². The standard InChI is InChI=1S/C11H12FN3O/c1-11(2,9-14-15-10(13)16-9)7-3-5-8(12)6-4-7/h3-6H,1-2H3,(H2,13,15). The molecular formula is C11H12FN3O. The van der Waals surface area contributed by atoms with Crippen LogP contribution in [-0.2, 0) is 5.41 Å². The maximum absolute atomic E-state index is 12.8. The summed E-state index contributed by atoms with van der Waals surface area (Å²) in [5.74, 6) is 0.140. The monoisotopic (exact) mass is 221 g/mol. The minimum Gasteiger partial charge on any atom is -0.407 e. The Morgan fingerprint density at radius 1 is 1.19 bits per heavy atom. The normalized spacial score (nSPS) is 11.7. The molecule has 5 heteroatoms. The van der Waals surface area contributed by atoms with Crippen LogP contribution in [0.3, 0.4) is 0 Å². The Bertz CT molecular complexity index is 490. The zero-order valence-electron chi connectivity index (χ0n) is 9.07. The fraction of sp³-hybridized carbons (Fsp3) is 0.273. The third kappa shape index (κ3) is 1.76. The molecule has 0 unspecified atom stereocenters. The third-order valence-corrected chi connectivity index (χ3v) is 2.54. The van der Waals surface area contributed by atoms with E-state index in [0.29, 0.717) is 5.89 Å². The summed E-state index contributed by atoms with van der Waals surface area (Å²) in [7, 11) is 0. The minimum atomic E-state index is -0.488. The van der Waals surface area contributed by atoms with E-state index in [1.807, 2.05) is 13.8 Å². The van der Waals surface area contributed by atoms with Gasteiger partial charge in [-0.1, -0.05) is 17.2 Å². The summed E-state index contributed by atoms with van der Waals surface area (Å²) in [5.41, 5.74) is 5.78. The van der Waals surface area contributed by atoms with E-state index in [0.717, 1.165) is 5.56 Å². The summed E-state index contributed by atoms with van der Waals surface area (Å²) >= 11 is 0. The first-order valence-corrected chi connectivity index (χ1v) is 4.85. The van der Waals surface area contributed by atoms with E-state index in [1.54, 1.807) is 12.1 Å². The fourth-order valence-corrected chi connectivity index (χ4v) is 1.48. The fourth-order valence-electron chi connectivity index (χ4n) is 1.48. The molecule has 2 aromatic rings. The first kappa shape index (κ1) is 10.6. The molecule has 0 aliphatic carbocycles. The predicted molar refractivity (Wildman–Crippen MR) is 57.2 cm³/mol. The molecule has 0 spiro atoms. The van der Waals surface area contributed by atoms with Gasteiger partial charge in [-0.05, 0) is 31.5 Å². The lowest BCUT2D eigenvalue weighted by molar-refractivity contribution is 0.422. The number of rotatable bonds is 2. The van der Waals surface area contributed by atoms with Crippen molar-refractivity contribution in [1.82, 2.24) is 10.2 Å². The highest BCUT2D eigenvalue weighted by molar-refractivity contribution is 5.30. The summed E-state index contributed by atoms with van der Waals surface area (Å²) < 4.78 is 18.0. The second-order valence-electron chi connectivity index (χ2n) is 4.08. The molecule has 0 atom stereocenters. The van der Waals surface area contributed by atoms with E-state index in [-0.39, 0.29) is 11.8 Å². The first-order chi connectivity index (χ1) is 7.50. The third-order valence-electron chi connectivity index (χ3n) is 2.54. The first-order valence-electron chi connectivity index (χ1n) is 4.85. The lowest BCUT2D eigenvalue weighted by Gasteiger charge is -2.20. The van der Waals surface area contributed by atoms with Crippen molar-refractivity contribution < 1.29 is 8.81 Å². The smallest absolute Gasteiger partial charge is 0.312 e. The number of anilines is 1. The molecule has 0 aliphatic rings. The molecule has 1 aromatic heterocycles. The Labute approximate surface area is 92.3 Å². The van der Waals surface area contributed by atoms with Gasteiger partial charge < -0.3 is 10.2 Å². The Morgan fingerprint density at radius 2 is 1.81 bits per heavy atom. The van der Waals surface area contributed by atoms with Crippen molar-refractivity contribution >= 4 is 6.01 Å². The highest BCUT2D eigenvalue weighted by Gasteiger charge is 2.29. The number of halogens is 1. The van der Waals surface area contributed by atoms with Gasteiger partial charge in [0.2, 0.25) is 5.89 Å². The van der Waals surface area contributed by atoms with Crippen molar-refractivity contribution in [1.29, 1.82) is 0 Å². The molecule has 0 fully saturated rings. The molecule has 4 nitrogen and oxygen atoms in total. The number of benzene rings is 1. The topological polar surface area (TPSA) is 64.9 Å². The van der Waals surface area contributed by atoms with Gasteiger partial charge >= 0.3 is 6.01 Å². The number of nitrogens with zero attached hydrogens (tertiary/aromatic N) is 2. The number of hydrogen-bond acceptors (Lipinski definition) is 4. The quantitative estimate of drug-likeness (QED) is 0.843. The van der Waals surface area contributed by atoms with Gasteiger partial charge in [0.25, 0.3) is 0 Å². The van der Waals surface area contributed by atoms with Crippen LogP contribution in [0.5, 0.6) is 0 Å². The Morgan fingerprint density at radius 3 is 2.31 bits per heavy atom. The van der Waals surface area contributed by atoms with Crippen LogP contribution in [-0.4, -0.2) is 10.2 Å². The number of nitrogen functional groups attached to an aromatic ring is 1. The van der Waals surface area contributed by atoms with Crippen LogP contribution in [0.1, 0.15) is 25.3 Å². The molecule has 0 saturated heterocycles. The molecule has 0 aliphatic heterocycles. The van der Waals surface area contributed by atoms with E-state index < -0.39 is 5.41 Å². The van der Waals surface area contributed by atoms with Crippen LogP contribution < -0.4 is 5.73 Å². The van der Waals surface area contributed by atoms with E-state index >= 15 is 0 Å². The molecule has 0 bridgehead atoms. The van der Waals surface area contributed by atoms with Crippen LogP contribution in [0.4, 0.5) is 10.4 Å².